The van der Waals surface area contributed by atoms with E-state index in [1.807, 2.05) is 0 Å². The summed E-state index contributed by atoms with van der Waals surface area (Å²) in [6, 6.07) is 67.7. The van der Waals surface area contributed by atoms with E-state index >= 15 is 0 Å². The number of benzene rings is 8. The van der Waals surface area contributed by atoms with Crippen molar-refractivity contribution in [3.63, 3.8) is 0 Å². The van der Waals surface area contributed by atoms with Crippen LogP contribution in [0.3, 0.4) is 0 Å². The Kier molecular flexibility index (Phi) is 6.90. The van der Waals surface area contributed by atoms with Gasteiger partial charge in [0.05, 0.1) is 5.69 Å². The Bertz CT molecular complexity index is 2260. The summed E-state index contributed by atoms with van der Waals surface area (Å²) in [7, 11) is 0. The highest BCUT2D eigenvalue weighted by Gasteiger charge is 2.19. The van der Waals surface area contributed by atoms with Crippen LogP contribution in [0.5, 0.6) is 0 Å². The first kappa shape index (κ1) is 26.7. The molecule has 0 atom stereocenters. The largest absolute Gasteiger partial charge is 0.310 e. The van der Waals surface area contributed by atoms with E-state index in [2.05, 4.69) is 193 Å². The number of para-hydroxylation sites is 1. The molecule has 8 aromatic carbocycles. The smallest absolute Gasteiger partial charge is 0.0546 e. The Morgan fingerprint density at radius 1 is 0.289 bits per heavy atom. The molecule has 0 radical (unpaired) electrons. The fourth-order valence-electron chi connectivity index (χ4n) is 6.42. The lowest BCUT2D eigenvalue weighted by atomic mass is 9.95. The van der Waals surface area contributed by atoms with Crippen LogP contribution in [0.15, 0.2) is 188 Å². The Labute approximate surface area is 264 Å². The molecule has 0 aromatic heterocycles. The van der Waals surface area contributed by atoms with Crippen LogP contribution in [0.4, 0.5) is 17.1 Å². The predicted octanol–water partition coefficient (Wildman–Crippen LogP) is 12.5. The van der Waals surface area contributed by atoms with Crippen molar-refractivity contribution in [2.24, 2.45) is 0 Å². The zero-order valence-corrected chi connectivity index (χ0v) is 24.8. The van der Waals surface area contributed by atoms with Crippen molar-refractivity contribution in [3.8, 4) is 33.4 Å². The summed E-state index contributed by atoms with van der Waals surface area (Å²) in [5, 5.41) is 4.99. The minimum Gasteiger partial charge on any atom is -0.310 e. The van der Waals surface area contributed by atoms with Gasteiger partial charge in [0.1, 0.15) is 0 Å². The molecule has 8 aromatic rings. The highest BCUT2D eigenvalue weighted by Crippen LogP contribution is 2.44. The highest BCUT2D eigenvalue weighted by molar-refractivity contribution is 5.98. The number of rotatable bonds is 6. The van der Waals surface area contributed by atoms with Gasteiger partial charge < -0.3 is 4.90 Å². The van der Waals surface area contributed by atoms with E-state index in [4.69, 9.17) is 0 Å². The van der Waals surface area contributed by atoms with Crippen molar-refractivity contribution in [1.82, 2.24) is 0 Å². The van der Waals surface area contributed by atoms with E-state index in [9.17, 15) is 0 Å². The zero-order valence-electron chi connectivity index (χ0n) is 24.8. The average Bonchev–Trinajstić information content (AvgIpc) is 3.12. The van der Waals surface area contributed by atoms with Crippen molar-refractivity contribution in [3.05, 3.63) is 188 Å². The van der Waals surface area contributed by atoms with Crippen molar-refractivity contribution in [2.45, 2.75) is 0 Å². The van der Waals surface area contributed by atoms with Crippen molar-refractivity contribution in [1.29, 1.82) is 0 Å². The van der Waals surface area contributed by atoms with Gasteiger partial charge in [-0.3, -0.25) is 0 Å². The molecule has 1 nitrogen and oxygen atoms in total. The Morgan fingerprint density at radius 2 is 0.889 bits per heavy atom. The zero-order chi connectivity index (χ0) is 30.0. The first-order valence-electron chi connectivity index (χ1n) is 15.4. The van der Waals surface area contributed by atoms with Crippen LogP contribution in [0.25, 0.3) is 54.9 Å². The first-order chi connectivity index (χ1) is 22.3. The normalized spacial score (nSPS) is 11.1. The summed E-state index contributed by atoms with van der Waals surface area (Å²) >= 11 is 0. The van der Waals surface area contributed by atoms with Crippen LogP contribution in [0.2, 0.25) is 0 Å². The number of nitrogens with zero attached hydrogens (tertiary/aromatic N) is 1. The Morgan fingerprint density at radius 3 is 1.73 bits per heavy atom. The predicted molar refractivity (Wildman–Crippen MR) is 192 cm³/mol. The van der Waals surface area contributed by atoms with Crippen LogP contribution in [0.1, 0.15) is 0 Å². The molecule has 1 heteroatoms. The molecule has 0 amide bonds. The summed E-state index contributed by atoms with van der Waals surface area (Å²) < 4.78 is 0. The summed E-state index contributed by atoms with van der Waals surface area (Å²) in [4.78, 5) is 2.40. The maximum absolute atomic E-state index is 2.40. The van der Waals surface area contributed by atoms with E-state index in [1.165, 1.54) is 54.9 Å². The summed E-state index contributed by atoms with van der Waals surface area (Å²) in [6.07, 6.45) is 0. The molecule has 0 aliphatic carbocycles. The first-order valence-corrected chi connectivity index (χ1v) is 15.4. The number of hydrogen-bond acceptors (Lipinski definition) is 1. The molecule has 212 valence electrons. The molecule has 0 fully saturated rings. The molecule has 0 bridgehead atoms. The van der Waals surface area contributed by atoms with Crippen LogP contribution >= 0.6 is 0 Å². The Balaban J connectivity index is 1.35. The number of anilines is 3. The SMILES string of the molecule is c1ccc(-c2ccc(-c3ccc4ccccc4c3)cc2N(c2ccccc2)c2cccc(-c3cccc4ccccc34)c2)cc1. The van der Waals surface area contributed by atoms with Crippen LogP contribution in [-0.4, -0.2) is 0 Å². The standard InChI is InChI=1S/C44H31N/c1-3-14-34(15-4-1)43-28-27-37(36-26-25-32-13-7-8-17-35(32)29-36)31-44(43)45(39-20-5-2-6-21-39)40-22-11-19-38(30-40)42-24-12-18-33-16-9-10-23-41(33)42/h1-31H. The van der Waals surface area contributed by atoms with Gasteiger partial charge in [0.2, 0.25) is 0 Å². The second kappa shape index (κ2) is 11.6. The van der Waals surface area contributed by atoms with Gasteiger partial charge in [-0.25, -0.2) is 0 Å². The maximum atomic E-state index is 2.40. The van der Waals surface area contributed by atoms with Crippen LogP contribution in [0, 0.1) is 0 Å². The monoisotopic (exact) mass is 573 g/mol. The van der Waals surface area contributed by atoms with Crippen molar-refractivity contribution < 1.29 is 0 Å². The topological polar surface area (TPSA) is 3.24 Å². The van der Waals surface area contributed by atoms with E-state index in [0.29, 0.717) is 0 Å². The lowest BCUT2D eigenvalue weighted by Gasteiger charge is -2.29. The van der Waals surface area contributed by atoms with Crippen LogP contribution < -0.4 is 4.90 Å². The third-order valence-corrected chi connectivity index (χ3v) is 8.63. The van der Waals surface area contributed by atoms with Gasteiger partial charge in [-0.15, -0.1) is 0 Å². The molecule has 0 saturated carbocycles. The molecule has 0 aliphatic rings. The van der Waals surface area contributed by atoms with E-state index < -0.39 is 0 Å². The summed E-state index contributed by atoms with van der Waals surface area (Å²) in [5.41, 5.74) is 10.5. The molecular weight excluding hydrogens is 542 g/mol. The third-order valence-electron chi connectivity index (χ3n) is 8.63. The van der Waals surface area contributed by atoms with Crippen molar-refractivity contribution >= 4 is 38.6 Å². The third kappa shape index (κ3) is 5.15. The molecular formula is C44H31N. The van der Waals surface area contributed by atoms with E-state index in [0.717, 1.165) is 17.1 Å². The Hall–Kier alpha value is -5.92. The molecule has 0 spiro atoms. The molecule has 8 rings (SSSR count). The van der Waals surface area contributed by atoms with Gasteiger partial charge in [-0.1, -0.05) is 152 Å². The van der Waals surface area contributed by atoms with Gasteiger partial charge in [0, 0.05) is 16.9 Å². The quantitative estimate of drug-likeness (QED) is 0.191. The van der Waals surface area contributed by atoms with E-state index in [-0.39, 0.29) is 0 Å². The number of fused-ring (bicyclic) bond motifs is 2. The highest BCUT2D eigenvalue weighted by atomic mass is 15.1. The second-order valence-electron chi connectivity index (χ2n) is 11.4. The maximum Gasteiger partial charge on any atom is 0.0546 e. The minimum absolute atomic E-state index is 1.11. The van der Waals surface area contributed by atoms with Gasteiger partial charge in [0.15, 0.2) is 0 Å². The van der Waals surface area contributed by atoms with Gasteiger partial charge in [-0.05, 0) is 85.8 Å². The molecule has 45 heavy (non-hydrogen) atoms. The second-order valence-corrected chi connectivity index (χ2v) is 11.4. The molecule has 0 N–H and O–H groups in total. The lowest BCUT2D eigenvalue weighted by Crippen LogP contribution is -2.11. The summed E-state index contributed by atoms with van der Waals surface area (Å²) in [6.45, 7) is 0. The van der Waals surface area contributed by atoms with Gasteiger partial charge >= 0.3 is 0 Å². The minimum atomic E-state index is 1.11. The molecule has 0 aliphatic heterocycles. The molecule has 0 heterocycles. The van der Waals surface area contributed by atoms with Crippen molar-refractivity contribution in [2.75, 3.05) is 4.90 Å². The van der Waals surface area contributed by atoms with Gasteiger partial charge in [-0.2, -0.15) is 0 Å². The van der Waals surface area contributed by atoms with Gasteiger partial charge in [0.25, 0.3) is 0 Å². The fourth-order valence-corrected chi connectivity index (χ4v) is 6.42. The number of hydrogen-bond donors (Lipinski definition) is 0. The molecule has 0 unspecified atom stereocenters. The lowest BCUT2D eigenvalue weighted by molar-refractivity contribution is 1.28. The van der Waals surface area contributed by atoms with E-state index in [1.54, 1.807) is 0 Å². The van der Waals surface area contributed by atoms with Crippen LogP contribution in [-0.2, 0) is 0 Å². The summed E-state index contributed by atoms with van der Waals surface area (Å²) in [5.74, 6) is 0. The molecule has 0 saturated heterocycles. The fraction of sp³-hybridized carbons (Fsp3) is 0. The average molecular weight is 574 g/mol.